The van der Waals surface area contributed by atoms with Crippen molar-refractivity contribution in [3.8, 4) is 0 Å². The first-order valence-corrected chi connectivity index (χ1v) is 4.70. The molecule has 0 aliphatic rings. The molecule has 0 aromatic carbocycles. The minimum atomic E-state index is -0.937. The van der Waals surface area contributed by atoms with Gasteiger partial charge >= 0.3 is 12.0 Å². The van der Waals surface area contributed by atoms with Crippen LogP contribution < -0.4 is 0 Å². The highest BCUT2D eigenvalue weighted by Gasteiger charge is 2.15. The molecule has 15 heavy (non-hydrogen) atoms. The van der Waals surface area contributed by atoms with Gasteiger partial charge in [0.2, 0.25) is 0 Å². The fourth-order valence-corrected chi connectivity index (χ4v) is 1.12. The molecular weight excluding hydrogens is 200 g/mol. The average Bonchev–Trinajstić information content (AvgIpc) is 2.11. The van der Waals surface area contributed by atoms with Crippen molar-refractivity contribution in [1.82, 2.24) is 9.80 Å². The Morgan fingerprint density at radius 2 is 1.80 bits per heavy atom. The van der Waals surface area contributed by atoms with Gasteiger partial charge < -0.3 is 20.0 Å². The number of aliphatic hydroxyl groups excluding tert-OH is 1. The van der Waals surface area contributed by atoms with Crippen molar-refractivity contribution < 1.29 is 19.8 Å². The minimum Gasteiger partial charge on any atom is -0.481 e. The molecule has 0 aliphatic heterocycles. The molecule has 2 amide bonds. The van der Waals surface area contributed by atoms with Crippen molar-refractivity contribution >= 4 is 12.0 Å². The third kappa shape index (κ3) is 5.90. The lowest BCUT2D eigenvalue weighted by molar-refractivity contribution is -0.137. The molecule has 0 spiro atoms. The highest BCUT2D eigenvalue weighted by Crippen LogP contribution is 1.97. The van der Waals surface area contributed by atoms with Crippen molar-refractivity contribution in [3.05, 3.63) is 0 Å². The summed E-state index contributed by atoms with van der Waals surface area (Å²) < 4.78 is 0. The fourth-order valence-electron chi connectivity index (χ4n) is 1.12. The molecule has 2 N–H and O–H groups in total. The van der Waals surface area contributed by atoms with Crippen LogP contribution in [-0.2, 0) is 4.79 Å². The van der Waals surface area contributed by atoms with Crippen LogP contribution in [0.2, 0.25) is 0 Å². The first-order valence-electron chi connectivity index (χ1n) is 4.70. The molecule has 1 unspecified atom stereocenters. The third-order valence-corrected chi connectivity index (χ3v) is 1.85. The SMILES string of the molecule is CC(O)CN(C)C(=O)N(C)CCC(=O)O. The van der Waals surface area contributed by atoms with E-state index in [4.69, 9.17) is 10.2 Å². The number of rotatable bonds is 5. The van der Waals surface area contributed by atoms with Crippen molar-refractivity contribution in [2.24, 2.45) is 0 Å². The number of carbonyl (C=O) groups excluding carboxylic acids is 1. The molecule has 0 saturated heterocycles. The van der Waals surface area contributed by atoms with Gasteiger partial charge in [0, 0.05) is 27.2 Å². The van der Waals surface area contributed by atoms with E-state index in [1.54, 1.807) is 14.0 Å². The number of nitrogens with zero attached hydrogens (tertiary/aromatic N) is 2. The van der Waals surface area contributed by atoms with Crippen LogP contribution in [-0.4, -0.2) is 65.3 Å². The summed E-state index contributed by atoms with van der Waals surface area (Å²) in [6, 6.07) is -0.294. The zero-order valence-electron chi connectivity index (χ0n) is 9.30. The van der Waals surface area contributed by atoms with Gasteiger partial charge in [-0.05, 0) is 6.92 Å². The fraction of sp³-hybridized carbons (Fsp3) is 0.778. The smallest absolute Gasteiger partial charge is 0.319 e. The maximum Gasteiger partial charge on any atom is 0.319 e. The lowest BCUT2D eigenvalue weighted by Gasteiger charge is -2.25. The third-order valence-electron chi connectivity index (χ3n) is 1.85. The van der Waals surface area contributed by atoms with Crippen LogP contribution in [0.5, 0.6) is 0 Å². The van der Waals surface area contributed by atoms with Crippen LogP contribution in [0.15, 0.2) is 0 Å². The Hall–Kier alpha value is -1.30. The minimum absolute atomic E-state index is 0.0786. The zero-order valence-corrected chi connectivity index (χ0v) is 9.30. The van der Waals surface area contributed by atoms with Gasteiger partial charge in [-0.2, -0.15) is 0 Å². The number of carboxylic acids is 1. The molecule has 0 bridgehead atoms. The predicted molar refractivity (Wildman–Crippen MR) is 54.6 cm³/mol. The van der Waals surface area contributed by atoms with Gasteiger partial charge in [-0.15, -0.1) is 0 Å². The predicted octanol–water partition coefficient (Wildman–Crippen LogP) is -0.175. The van der Waals surface area contributed by atoms with Gasteiger partial charge in [-0.3, -0.25) is 4.79 Å². The van der Waals surface area contributed by atoms with Crippen molar-refractivity contribution in [3.63, 3.8) is 0 Å². The quantitative estimate of drug-likeness (QED) is 0.671. The number of amides is 2. The van der Waals surface area contributed by atoms with Gasteiger partial charge in [0.05, 0.1) is 12.5 Å². The maximum atomic E-state index is 11.5. The van der Waals surface area contributed by atoms with Crippen LogP contribution in [0.3, 0.4) is 0 Å². The maximum absolute atomic E-state index is 11.5. The van der Waals surface area contributed by atoms with Crippen LogP contribution >= 0.6 is 0 Å². The zero-order chi connectivity index (χ0) is 12.0. The lowest BCUT2D eigenvalue weighted by atomic mass is 10.4. The van der Waals surface area contributed by atoms with Crippen molar-refractivity contribution in [1.29, 1.82) is 0 Å². The Kier molecular flexibility index (Phi) is 5.69. The normalized spacial score (nSPS) is 12.0. The van der Waals surface area contributed by atoms with E-state index in [0.29, 0.717) is 0 Å². The van der Waals surface area contributed by atoms with E-state index >= 15 is 0 Å². The Bertz CT molecular complexity index is 230. The number of carboxylic acid groups (broad SMARTS) is 1. The van der Waals surface area contributed by atoms with E-state index in [1.165, 1.54) is 16.8 Å². The molecule has 0 aromatic rings. The molecule has 6 nitrogen and oxygen atoms in total. The first kappa shape index (κ1) is 13.7. The van der Waals surface area contributed by atoms with Gasteiger partial charge in [-0.1, -0.05) is 0 Å². The topological polar surface area (TPSA) is 81.1 Å². The standard InChI is InChI=1S/C9H18N2O4/c1-7(12)6-11(3)9(15)10(2)5-4-8(13)14/h7,12H,4-6H2,1-3H3,(H,13,14). The van der Waals surface area contributed by atoms with Gasteiger partial charge in [0.25, 0.3) is 0 Å². The van der Waals surface area contributed by atoms with Gasteiger partial charge in [0.1, 0.15) is 0 Å². The highest BCUT2D eigenvalue weighted by atomic mass is 16.4. The second-order valence-electron chi connectivity index (χ2n) is 3.58. The molecule has 0 radical (unpaired) electrons. The Morgan fingerprint density at radius 1 is 1.27 bits per heavy atom. The molecule has 88 valence electrons. The highest BCUT2D eigenvalue weighted by molar-refractivity contribution is 5.75. The molecule has 0 saturated carbocycles. The molecular formula is C9H18N2O4. The summed E-state index contributed by atoms with van der Waals surface area (Å²) in [7, 11) is 3.09. The lowest BCUT2D eigenvalue weighted by Crippen LogP contribution is -2.42. The van der Waals surface area contributed by atoms with E-state index < -0.39 is 12.1 Å². The van der Waals surface area contributed by atoms with E-state index in [2.05, 4.69) is 0 Å². The van der Waals surface area contributed by atoms with Crippen LogP contribution in [0.1, 0.15) is 13.3 Å². The Balaban J connectivity index is 4.01. The largest absolute Gasteiger partial charge is 0.481 e. The van der Waals surface area contributed by atoms with E-state index in [0.717, 1.165) is 0 Å². The summed E-state index contributed by atoms with van der Waals surface area (Å²) >= 11 is 0. The van der Waals surface area contributed by atoms with Crippen LogP contribution in [0.25, 0.3) is 0 Å². The average molecular weight is 218 g/mol. The molecule has 6 heteroatoms. The molecule has 0 aromatic heterocycles. The summed E-state index contributed by atoms with van der Waals surface area (Å²) in [6.45, 7) is 1.98. The summed E-state index contributed by atoms with van der Waals surface area (Å²) in [5, 5.41) is 17.5. The first-order chi connectivity index (χ1) is 6.84. The Labute approximate surface area is 89.1 Å². The molecule has 0 aliphatic carbocycles. The monoisotopic (exact) mass is 218 g/mol. The number of likely N-dealkylation sites (N-methyl/N-ethyl adjacent to an activating group) is 1. The summed E-state index contributed by atoms with van der Waals surface area (Å²) in [4.78, 5) is 24.5. The molecule has 1 atom stereocenters. The summed E-state index contributed by atoms with van der Waals surface area (Å²) in [5.41, 5.74) is 0. The molecule has 0 fully saturated rings. The molecule has 0 rings (SSSR count). The van der Waals surface area contributed by atoms with Crippen LogP contribution in [0.4, 0.5) is 4.79 Å². The van der Waals surface area contributed by atoms with Crippen LogP contribution in [0, 0.1) is 0 Å². The number of aliphatic carboxylic acids is 1. The number of carbonyl (C=O) groups is 2. The van der Waals surface area contributed by atoms with E-state index in [9.17, 15) is 9.59 Å². The second-order valence-corrected chi connectivity index (χ2v) is 3.58. The van der Waals surface area contributed by atoms with Gasteiger partial charge in [0.15, 0.2) is 0 Å². The summed E-state index contributed by atoms with van der Waals surface area (Å²) in [6.07, 6.45) is -0.670. The van der Waals surface area contributed by atoms with Crippen molar-refractivity contribution in [2.45, 2.75) is 19.4 Å². The molecule has 0 heterocycles. The summed E-state index contributed by atoms with van der Waals surface area (Å²) in [5.74, 6) is -0.937. The number of hydrogen-bond acceptors (Lipinski definition) is 3. The van der Waals surface area contributed by atoms with Gasteiger partial charge in [-0.25, -0.2) is 4.79 Å². The number of aliphatic hydroxyl groups is 1. The van der Waals surface area contributed by atoms with E-state index in [1.807, 2.05) is 0 Å². The second kappa shape index (κ2) is 6.23. The number of urea groups is 1. The Morgan fingerprint density at radius 3 is 2.20 bits per heavy atom. The van der Waals surface area contributed by atoms with Crippen molar-refractivity contribution in [2.75, 3.05) is 27.2 Å². The number of hydrogen-bond donors (Lipinski definition) is 2. The van der Waals surface area contributed by atoms with E-state index in [-0.39, 0.29) is 25.5 Å².